The van der Waals surface area contributed by atoms with E-state index in [1.807, 2.05) is 40.7 Å². The van der Waals surface area contributed by atoms with Gasteiger partial charge in [0.2, 0.25) is 0 Å². The molecule has 150 valence electrons. The highest BCUT2D eigenvalue weighted by Gasteiger charge is 2.31. The first kappa shape index (κ1) is 21.3. The number of carbonyl (C=O) groups is 2. The molecule has 0 fully saturated rings. The number of aryl methyl sites for hydroxylation is 1. The second-order valence-corrected chi connectivity index (χ2v) is 7.57. The zero-order valence-corrected chi connectivity index (χ0v) is 17.5. The summed E-state index contributed by atoms with van der Waals surface area (Å²) in [7, 11) is 3.12. The maximum absolute atomic E-state index is 13.3. The molecule has 0 aliphatic rings. The van der Waals surface area contributed by atoms with Gasteiger partial charge >= 0.3 is 0 Å². The molecule has 2 amide bonds. The highest BCUT2D eigenvalue weighted by atomic mass is 16.5. The van der Waals surface area contributed by atoms with Gasteiger partial charge in [0, 0.05) is 16.7 Å². The molecule has 2 aromatic carbocycles. The number of nitrogens with one attached hydrogen (secondary N) is 1. The van der Waals surface area contributed by atoms with Gasteiger partial charge in [0.25, 0.3) is 11.8 Å². The Balaban J connectivity index is 2.37. The standard InChI is InChI=1S/C22H28N2O4/c1-14-11-12-16(13-19(14)28-7)20(25)23-24(22(3,4)5)21(26)17-9-8-10-18(27-6)15(17)2/h8-13H,1-7H3,(H,23,25). The summed E-state index contributed by atoms with van der Waals surface area (Å²) >= 11 is 0. The SMILES string of the molecule is COc1cc(C(=O)NN(C(=O)c2cccc(OC)c2C)C(C)(C)C)ccc1C. The van der Waals surface area contributed by atoms with Gasteiger partial charge in [0.15, 0.2) is 0 Å². The van der Waals surface area contributed by atoms with Crippen molar-refractivity contribution in [2.24, 2.45) is 0 Å². The van der Waals surface area contributed by atoms with Crippen LogP contribution in [-0.4, -0.2) is 36.6 Å². The number of nitrogens with zero attached hydrogens (tertiary/aromatic N) is 1. The third kappa shape index (κ3) is 4.44. The number of hydrogen-bond donors (Lipinski definition) is 1. The Labute approximate surface area is 166 Å². The van der Waals surface area contributed by atoms with Crippen LogP contribution in [0.4, 0.5) is 0 Å². The van der Waals surface area contributed by atoms with Gasteiger partial charge in [-0.2, -0.15) is 0 Å². The van der Waals surface area contributed by atoms with E-state index in [9.17, 15) is 9.59 Å². The predicted molar refractivity (Wildman–Crippen MR) is 109 cm³/mol. The molecule has 0 atom stereocenters. The third-order valence-electron chi connectivity index (χ3n) is 4.49. The van der Waals surface area contributed by atoms with E-state index < -0.39 is 5.54 Å². The van der Waals surface area contributed by atoms with Crippen LogP contribution in [-0.2, 0) is 0 Å². The topological polar surface area (TPSA) is 67.9 Å². The number of methoxy groups -OCH3 is 2. The number of ether oxygens (including phenoxy) is 2. The fourth-order valence-electron chi connectivity index (χ4n) is 2.84. The van der Waals surface area contributed by atoms with Gasteiger partial charge in [0.05, 0.1) is 19.8 Å². The van der Waals surface area contributed by atoms with Crippen LogP contribution in [0, 0.1) is 13.8 Å². The lowest BCUT2D eigenvalue weighted by atomic mass is 10.0. The number of rotatable bonds is 4. The summed E-state index contributed by atoms with van der Waals surface area (Å²) in [5.41, 5.74) is 4.64. The lowest BCUT2D eigenvalue weighted by Gasteiger charge is -2.36. The first-order valence-corrected chi connectivity index (χ1v) is 9.04. The average molecular weight is 384 g/mol. The van der Waals surface area contributed by atoms with E-state index in [2.05, 4.69) is 5.43 Å². The van der Waals surface area contributed by atoms with E-state index in [4.69, 9.17) is 9.47 Å². The minimum Gasteiger partial charge on any atom is -0.496 e. The Morgan fingerprint density at radius 1 is 0.964 bits per heavy atom. The number of benzene rings is 2. The van der Waals surface area contributed by atoms with Gasteiger partial charge < -0.3 is 9.47 Å². The van der Waals surface area contributed by atoms with Crippen molar-refractivity contribution in [3.05, 3.63) is 58.7 Å². The van der Waals surface area contributed by atoms with Crippen LogP contribution in [0.25, 0.3) is 0 Å². The van der Waals surface area contributed by atoms with E-state index >= 15 is 0 Å². The molecule has 0 saturated carbocycles. The van der Waals surface area contributed by atoms with Gasteiger partial charge in [-0.05, 0) is 64.4 Å². The molecule has 2 aromatic rings. The molecule has 0 bridgehead atoms. The smallest absolute Gasteiger partial charge is 0.273 e. The van der Waals surface area contributed by atoms with Gasteiger partial charge in [0.1, 0.15) is 11.5 Å². The molecule has 0 heterocycles. The Hall–Kier alpha value is -3.02. The molecule has 0 aromatic heterocycles. The van der Waals surface area contributed by atoms with Crippen LogP contribution in [0.2, 0.25) is 0 Å². The van der Waals surface area contributed by atoms with Crippen LogP contribution >= 0.6 is 0 Å². The summed E-state index contributed by atoms with van der Waals surface area (Å²) < 4.78 is 10.6. The van der Waals surface area contributed by atoms with Crippen LogP contribution in [0.15, 0.2) is 36.4 Å². The lowest BCUT2D eigenvalue weighted by molar-refractivity contribution is 0.0357. The third-order valence-corrected chi connectivity index (χ3v) is 4.49. The van der Waals surface area contributed by atoms with Gasteiger partial charge in [-0.1, -0.05) is 12.1 Å². The second-order valence-electron chi connectivity index (χ2n) is 7.57. The zero-order valence-electron chi connectivity index (χ0n) is 17.5. The van der Waals surface area contributed by atoms with Crippen LogP contribution in [0.3, 0.4) is 0 Å². The molecule has 0 saturated heterocycles. The molecule has 0 aliphatic carbocycles. The Morgan fingerprint density at radius 2 is 1.61 bits per heavy atom. The first-order chi connectivity index (χ1) is 13.1. The number of hydrogen-bond acceptors (Lipinski definition) is 4. The highest BCUT2D eigenvalue weighted by Crippen LogP contribution is 2.25. The second kappa shape index (κ2) is 8.33. The molecule has 6 nitrogen and oxygen atoms in total. The zero-order chi connectivity index (χ0) is 21.1. The minimum atomic E-state index is -0.642. The molecule has 6 heteroatoms. The van der Waals surface area contributed by atoms with Crippen LogP contribution in [0.5, 0.6) is 11.5 Å². The van der Waals surface area contributed by atoms with E-state index in [-0.39, 0.29) is 11.8 Å². The van der Waals surface area contributed by atoms with Crippen LogP contribution in [0.1, 0.15) is 52.6 Å². The summed E-state index contributed by atoms with van der Waals surface area (Å²) in [5.74, 6) is 0.540. The van der Waals surface area contributed by atoms with Gasteiger partial charge in [-0.25, -0.2) is 5.01 Å². The molecule has 0 radical (unpaired) electrons. The number of amides is 2. The van der Waals surface area contributed by atoms with Crippen molar-refractivity contribution in [1.29, 1.82) is 0 Å². The predicted octanol–water partition coefficient (Wildman–Crippen LogP) is 3.91. The summed E-state index contributed by atoms with van der Waals surface area (Å²) in [6, 6.07) is 10.4. The van der Waals surface area contributed by atoms with Crippen molar-refractivity contribution in [1.82, 2.24) is 10.4 Å². The molecule has 0 unspecified atom stereocenters. The quantitative estimate of drug-likeness (QED) is 0.812. The molecule has 0 aliphatic heterocycles. The molecule has 28 heavy (non-hydrogen) atoms. The lowest BCUT2D eigenvalue weighted by Crippen LogP contribution is -2.56. The largest absolute Gasteiger partial charge is 0.496 e. The van der Waals surface area contributed by atoms with Crippen molar-refractivity contribution >= 4 is 11.8 Å². The summed E-state index contributed by atoms with van der Waals surface area (Å²) in [4.78, 5) is 26.1. The molecular formula is C22H28N2O4. The first-order valence-electron chi connectivity index (χ1n) is 9.04. The fourth-order valence-corrected chi connectivity index (χ4v) is 2.84. The number of hydrazine groups is 1. The fraction of sp³-hybridized carbons (Fsp3) is 0.364. The maximum atomic E-state index is 13.3. The van der Waals surface area contributed by atoms with Crippen LogP contribution < -0.4 is 14.9 Å². The normalized spacial score (nSPS) is 11.0. The Kier molecular flexibility index (Phi) is 6.33. The minimum absolute atomic E-state index is 0.309. The average Bonchev–Trinajstić information content (AvgIpc) is 2.65. The van der Waals surface area contributed by atoms with E-state index in [0.29, 0.717) is 22.6 Å². The summed E-state index contributed by atoms with van der Waals surface area (Å²) in [6.07, 6.45) is 0. The van der Waals surface area contributed by atoms with Gasteiger partial charge in [-0.3, -0.25) is 15.0 Å². The van der Waals surface area contributed by atoms with Crippen molar-refractivity contribution in [2.45, 2.75) is 40.2 Å². The van der Waals surface area contributed by atoms with E-state index in [1.165, 1.54) is 5.01 Å². The summed E-state index contributed by atoms with van der Waals surface area (Å²) in [5, 5.41) is 1.35. The molecular weight excluding hydrogens is 356 g/mol. The van der Waals surface area contributed by atoms with Crippen molar-refractivity contribution in [3.63, 3.8) is 0 Å². The van der Waals surface area contributed by atoms with E-state index in [1.54, 1.807) is 44.6 Å². The monoisotopic (exact) mass is 384 g/mol. The van der Waals surface area contributed by atoms with Crippen molar-refractivity contribution in [3.8, 4) is 11.5 Å². The van der Waals surface area contributed by atoms with E-state index in [0.717, 1.165) is 11.1 Å². The molecule has 2 rings (SSSR count). The van der Waals surface area contributed by atoms with Gasteiger partial charge in [-0.15, -0.1) is 0 Å². The summed E-state index contributed by atoms with van der Waals surface area (Å²) in [6.45, 7) is 9.29. The Morgan fingerprint density at radius 3 is 2.18 bits per heavy atom. The van der Waals surface area contributed by atoms with Crippen molar-refractivity contribution in [2.75, 3.05) is 14.2 Å². The molecule has 0 spiro atoms. The number of carbonyl (C=O) groups excluding carboxylic acids is 2. The molecule has 1 N–H and O–H groups in total. The maximum Gasteiger partial charge on any atom is 0.273 e. The highest BCUT2D eigenvalue weighted by molar-refractivity contribution is 6.00. The van der Waals surface area contributed by atoms with Crippen molar-refractivity contribution < 1.29 is 19.1 Å². The Bertz CT molecular complexity index is 885.